The van der Waals surface area contributed by atoms with E-state index in [1.807, 2.05) is 23.1 Å². The van der Waals surface area contributed by atoms with E-state index in [0.717, 1.165) is 18.7 Å². The van der Waals surface area contributed by atoms with Gasteiger partial charge in [-0.15, -0.1) is 0 Å². The first-order chi connectivity index (χ1) is 7.15. The Kier molecular flexibility index (Phi) is 3.04. The van der Waals surface area contributed by atoms with Crippen LogP contribution in [0.15, 0.2) is 18.2 Å². The monoisotopic (exact) mass is 225 g/mol. The van der Waals surface area contributed by atoms with Gasteiger partial charge < -0.3 is 10.3 Å². The lowest BCUT2D eigenvalue weighted by atomic mass is 10.00. The van der Waals surface area contributed by atoms with Gasteiger partial charge in [0, 0.05) is 18.8 Å². The highest BCUT2D eigenvalue weighted by atomic mass is 32.2. The van der Waals surface area contributed by atoms with Crippen molar-refractivity contribution in [3.8, 4) is 0 Å². The standard InChI is InChI=1S/C10H14N2O2S/c11-10-2-1-9-6-12(7-15(13)14)4-3-8(9)5-10/h1-2,5H,3-4,6-7,11H2,(H,13,14)/p-1. The molecular weight excluding hydrogens is 212 g/mol. The minimum Gasteiger partial charge on any atom is -0.771 e. The van der Waals surface area contributed by atoms with Crippen LogP contribution in [0.3, 0.4) is 0 Å². The Morgan fingerprint density at radius 3 is 3.00 bits per heavy atom. The number of fused-ring (bicyclic) bond motifs is 1. The van der Waals surface area contributed by atoms with Gasteiger partial charge >= 0.3 is 0 Å². The number of rotatable bonds is 2. The molecule has 2 N–H and O–H groups in total. The molecule has 15 heavy (non-hydrogen) atoms. The van der Waals surface area contributed by atoms with Crippen molar-refractivity contribution in [1.82, 2.24) is 4.90 Å². The lowest BCUT2D eigenvalue weighted by Crippen LogP contribution is -2.33. The Bertz CT molecular complexity index is 395. The van der Waals surface area contributed by atoms with E-state index in [-0.39, 0.29) is 5.88 Å². The average molecular weight is 225 g/mol. The second-order valence-corrected chi connectivity index (χ2v) is 4.63. The molecule has 0 spiro atoms. The summed E-state index contributed by atoms with van der Waals surface area (Å²) in [5.41, 5.74) is 8.88. The number of nitrogen functional groups attached to an aromatic ring is 1. The van der Waals surface area contributed by atoms with Crippen molar-refractivity contribution in [2.75, 3.05) is 18.2 Å². The van der Waals surface area contributed by atoms with E-state index in [2.05, 4.69) is 0 Å². The minimum atomic E-state index is -1.99. The van der Waals surface area contributed by atoms with Gasteiger partial charge in [-0.25, -0.2) is 0 Å². The normalized spacial score (nSPS) is 18.5. The topological polar surface area (TPSA) is 69.4 Å². The Morgan fingerprint density at radius 1 is 1.47 bits per heavy atom. The summed E-state index contributed by atoms with van der Waals surface area (Å²) in [4.78, 5) is 1.92. The van der Waals surface area contributed by atoms with E-state index in [0.29, 0.717) is 6.54 Å². The van der Waals surface area contributed by atoms with Crippen LogP contribution in [0.4, 0.5) is 5.69 Å². The zero-order valence-electron chi connectivity index (χ0n) is 8.31. The van der Waals surface area contributed by atoms with Gasteiger partial charge in [0.05, 0.1) is 5.88 Å². The SMILES string of the molecule is Nc1ccc2c(c1)CCN(CS(=O)[O-])C2. The number of benzene rings is 1. The maximum atomic E-state index is 10.6. The number of nitrogens with two attached hydrogens (primary N) is 1. The molecule has 1 aliphatic rings. The molecule has 1 aliphatic heterocycles. The van der Waals surface area contributed by atoms with Crippen LogP contribution >= 0.6 is 0 Å². The molecule has 0 amide bonds. The van der Waals surface area contributed by atoms with Crippen molar-refractivity contribution < 1.29 is 8.76 Å². The fourth-order valence-corrected chi connectivity index (χ4v) is 2.41. The van der Waals surface area contributed by atoms with E-state index >= 15 is 0 Å². The molecule has 4 nitrogen and oxygen atoms in total. The molecule has 82 valence electrons. The fraction of sp³-hybridized carbons (Fsp3) is 0.400. The molecule has 1 atom stereocenters. The summed E-state index contributed by atoms with van der Waals surface area (Å²) >= 11 is -1.99. The van der Waals surface area contributed by atoms with Gasteiger partial charge in [-0.2, -0.15) is 0 Å². The molecular formula is C10H13N2O2S-. The summed E-state index contributed by atoms with van der Waals surface area (Å²) < 4.78 is 21.1. The molecule has 0 aromatic heterocycles. The summed E-state index contributed by atoms with van der Waals surface area (Å²) in [6, 6.07) is 5.81. The summed E-state index contributed by atoms with van der Waals surface area (Å²) in [6.45, 7) is 1.48. The van der Waals surface area contributed by atoms with Gasteiger partial charge in [-0.1, -0.05) is 6.07 Å². The van der Waals surface area contributed by atoms with Crippen LogP contribution in [0.5, 0.6) is 0 Å². The predicted octanol–water partition coefficient (Wildman–Crippen LogP) is 0.464. The molecule has 2 rings (SSSR count). The minimum absolute atomic E-state index is 0.115. The molecule has 0 radical (unpaired) electrons. The molecule has 5 heteroatoms. The zero-order valence-corrected chi connectivity index (χ0v) is 9.13. The quantitative estimate of drug-likeness (QED) is 0.586. The molecule has 0 saturated heterocycles. The van der Waals surface area contributed by atoms with E-state index in [4.69, 9.17) is 5.73 Å². The van der Waals surface area contributed by atoms with Gasteiger partial charge in [0.25, 0.3) is 0 Å². The van der Waals surface area contributed by atoms with Crippen LogP contribution in [0, 0.1) is 0 Å². The Morgan fingerprint density at radius 2 is 2.27 bits per heavy atom. The van der Waals surface area contributed by atoms with Crippen LogP contribution in [0.2, 0.25) is 0 Å². The largest absolute Gasteiger partial charge is 0.771 e. The van der Waals surface area contributed by atoms with E-state index in [1.54, 1.807) is 0 Å². The number of hydrogen-bond donors (Lipinski definition) is 1. The zero-order chi connectivity index (χ0) is 10.8. The van der Waals surface area contributed by atoms with Gasteiger partial charge in [-0.3, -0.25) is 9.11 Å². The van der Waals surface area contributed by atoms with Crippen molar-refractivity contribution in [1.29, 1.82) is 0 Å². The van der Waals surface area contributed by atoms with Gasteiger partial charge in [0.2, 0.25) is 0 Å². The van der Waals surface area contributed by atoms with Crippen LogP contribution in [-0.4, -0.2) is 26.1 Å². The van der Waals surface area contributed by atoms with Crippen molar-refractivity contribution in [2.24, 2.45) is 0 Å². The Balaban J connectivity index is 2.13. The van der Waals surface area contributed by atoms with Gasteiger partial charge in [-0.05, 0) is 40.8 Å². The highest BCUT2D eigenvalue weighted by Gasteiger charge is 2.15. The average Bonchev–Trinajstić information content (AvgIpc) is 2.17. The van der Waals surface area contributed by atoms with E-state index in [9.17, 15) is 8.76 Å². The first kappa shape index (κ1) is 10.6. The summed E-state index contributed by atoms with van der Waals surface area (Å²) in [5.74, 6) is 0.115. The third-order valence-corrected chi connectivity index (χ3v) is 3.19. The lowest BCUT2D eigenvalue weighted by Gasteiger charge is -2.29. The van der Waals surface area contributed by atoms with E-state index < -0.39 is 11.1 Å². The third-order valence-electron chi connectivity index (χ3n) is 2.61. The first-order valence-corrected chi connectivity index (χ1v) is 6.05. The van der Waals surface area contributed by atoms with E-state index in [1.165, 1.54) is 11.1 Å². The molecule has 0 aliphatic carbocycles. The lowest BCUT2D eigenvalue weighted by molar-refractivity contribution is 0.290. The molecule has 0 bridgehead atoms. The highest BCUT2D eigenvalue weighted by Crippen LogP contribution is 2.21. The van der Waals surface area contributed by atoms with Crippen molar-refractivity contribution in [2.45, 2.75) is 13.0 Å². The van der Waals surface area contributed by atoms with Crippen LogP contribution in [0.25, 0.3) is 0 Å². The van der Waals surface area contributed by atoms with Crippen molar-refractivity contribution in [3.05, 3.63) is 29.3 Å². The Hall–Kier alpha value is -0.910. The molecule has 1 aromatic rings. The second kappa shape index (κ2) is 4.30. The maximum absolute atomic E-state index is 10.6. The highest BCUT2D eigenvalue weighted by molar-refractivity contribution is 7.79. The predicted molar refractivity (Wildman–Crippen MR) is 58.8 cm³/mol. The van der Waals surface area contributed by atoms with Crippen molar-refractivity contribution >= 4 is 16.8 Å². The van der Waals surface area contributed by atoms with Crippen LogP contribution in [-0.2, 0) is 24.0 Å². The van der Waals surface area contributed by atoms with Crippen LogP contribution < -0.4 is 5.73 Å². The first-order valence-electron chi connectivity index (χ1n) is 4.80. The van der Waals surface area contributed by atoms with Crippen molar-refractivity contribution in [3.63, 3.8) is 0 Å². The molecule has 0 saturated carbocycles. The summed E-state index contributed by atoms with van der Waals surface area (Å²) in [7, 11) is 0. The second-order valence-electron chi connectivity index (χ2n) is 3.76. The number of anilines is 1. The van der Waals surface area contributed by atoms with Gasteiger partial charge in [0.15, 0.2) is 0 Å². The van der Waals surface area contributed by atoms with Gasteiger partial charge in [0.1, 0.15) is 0 Å². The molecule has 1 unspecified atom stereocenters. The maximum Gasteiger partial charge on any atom is 0.0616 e. The third kappa shape index (κ3) is 2.56. The fourth-order valence-electron chi connectivity index (χ4n) is 1.89. The Labute approximate surface area is 91.4 Å². The smallest absolute Gasteiger partial charge is 0.0616 e. The summed E-state index contributed by atoms with van der Waals surface area (Å²) in [6.07, 6.45) is 0.873. The molecule has 1 aromatic carbocycles. The molecule has 0 fully saturated rings. The molecule has 1 heterocycles. The number of nitrogens with zero attached hydrogens (tertiary/aromatic N) is 1. The summed E-state index contributed by atoms with van der Waals surface area (Å²) in [5, 5.41) is 0. The number of hydrogen-bond acceptors (Lipinski definition) is 4. The van der Waals surface area contributed by atoms with Crippen LogP contribution in [0.1, 0.15) is 11.1 Å².